The Morgan fingerprint density at radius 1 is 0.966 bits per heavy atom. The second kappa shape index (κ2) is 7.97. The zero-order valence-corrected chi connectivity index (χ0v) is 16.6. The zero-order chi connectivity index (χ0) is 20.4. The third-order valence-corrected chi connectivity index (χ3v) is 5.08. The van der Waals surface area contributed by atoms with E-state index < -0.39 is 5.91 Å². The van der Waals surface area contributed by atoms with E-state index in [1.165, 1.54) is 16.7 Å². The fourth-order valence-electron chi connectivity index (χ4n) is 3.25. The maximum Gasteiger partial charge on any atom is 0.278 e. The summed E-state index contributed by atoms with van der Waals surface area (Å²) in [5.74, 6) is -0.229. The van der Waals surface area contributed by atoms with Crippen LogP contribution in [-0.4, -0.2) is 16.7 Å². The first kappa shape index (κ1) is 19.0. The van der Waals surface area contributed by atoms with Crippen LogP contribution < -0.4 is 5.32 Å². The van der Waals surface area contributed by atoms with Crippen molar-refractivity contribution < 1.29 is 14.0 Å². The molecule has 0 fully saturated rings. The number of aryl methyl sites for hydroxylation is 1. The summed E-state index contributed by atoms with van der Waals surface area (Å²) in [6.07, 6.45) is 2.44. The Morgan fingerprint density at radius 3 is 2.31 bits per heavy atom. The standard InChI is InChI=1S/C23H19ClN2O3/c1-2-15-5-11-18(12-6-15)25-21-20(16-7-9-17(24)10-8-16)22(27)26(23(21)28)14-19-4-3-13-29-19/h3-13,25H,2,14H2,1H3. The summed E-state index contributed by atoms with van der Waals surface area (Å²) >= 11 is 6.00. The molecule has 2 heterocycles. The minimum atomic E-state index is -0.393. The molecule has 0 radical (unpaired) electrons. The third-order valence-electron chi connectivity index (χ3n) is 4.83. The Balaban J connectivity index is 1.72. The van der Waals surface area contributed by atoms with E-state index in [1.54, 1.807) is 36.4 Å². The van der Waals surface area contributed by atoms with Gasteiger partial charge in [0.1, 0.15) is 11.5 Å². The Labute approximate surface area is 173 Å². The van der Waals surface area contributed by atoms with Crippen LogP contribution in [0.15, 0.2) is 77.0 Å². The van der Waals surface area contributed by atoms with Gasteiger partial charge in [-0.15, -0.1) is 0 Å². The maximum absolute atomic E-state index is 13.2. The van der Waals surface area contributed by atoms with Gasteiger partial charge in [0.2, 0.25) is 0 Å². The van der Waals surface area contributed by atoms with Crippen molar-refractivity contribution in [2.75, 3.05) is 5.32 Å². The van der Waals surface area contributed by atoms with Crippen molar-refractivity contribution in [2.45, 2.75) is 19.9 Å². The molecule has 1 aromatic heterocycles. The molecule has 0 saturated carbocycles. The number of nitrogens with one attached hydrogen (secondary N) is 1. The molecular formula is C23H19ClN2O3. The molecule has 5 nitrogen and oxygen atoms in total. The van der Waals surface area contributed by atoms with Crippen molar-refractivity contribution >= 4 is 34.7 Å². The van der Waals surface area contributed by atoms with Crippen LogP contribution in [0.4, 0.5) is 5.69 Å². The highest BCUT2D eigenvalue weighted by molar-refractivity contribution is 6.36. The number of benzene rings is 2. The van der Waals surface area contributed by atoms with E-state index in [2.05, 4.69) is 12.2 Å². The van der Waals surface area contributed by atoms with Gasteiger partial charge in [0.05, 0.1) is 18.4 Å². The van der Waals surface area contributed by atoms with E-state index in [0.717, 1.165) is 12.1 Å². The van der Waals surface area contributed by atoms with Crippen LogP contribution in [-0.2, 0) is 22.6 Å². The van der Waals surface area contributed by atoms with E-state index in [9.17, 15) is 9.59 Å². The SMILES string of the molecule is CCc1ccc(NC2=C(c3ccc(Cl)cc3)C(=O)N(Cc3ccco3)C2=O)cc1. The van der Waals surface area contributed by atoms with Gasteiger partial charge in [-0.25, -0.2) is 0 Å². The van der Waals surface area contributed by atoms with Crippen molar-refractivity contribution in [3.63, 3.8) is 0 Å². The largest absolute Gasteiger partial charge is 0.467 e. The van der Waals surface area contributed by atoms with Crippen molar-refractivity contribution in [1.82, 2.24) is 4.90 Å². The molecule has 0 unspecified atom stereocenters. The predicted molar refractivity (Wildman–Crippen MR) is 112 cm³/mol. The number of anilines is 1. The summed E-state index contributed by atoms with van der Waals surface area (Å²) in [6.45, 7) is 2.15. The average molecular weight is 407 g/mol. The number of carbonyl (C=O) groups is 2. The molecule has 0 bridgehead atoms. The quantitative estimate of drug-likeness (QED) is 0.592. The minimum absolute atomic E-state index is 0.0711. The molecule has 4 rings (SSSR count). The number of hydrogen-bond acceptors (Lipinski definition) is 4. The highest BCUT2D eigenvalue weighted by Gasteiger charge is 2.39. The Morgan fingerprint density at radius 2 is 1.69 bits per heavy atom. The van der Waals surface area contributed by atoms with Gasteiger partial charge in [0.15, 0.2) is 0 Å². The van der Waals surface area contributed by atoms with Gasteiger partial charge in [0, 0.05) is 10.7 Å². The highest BCUT2D eigenvalue weighted by Crippen LogP contribution is 2.32. The lowest BCUT2D eigenvalue weighted by atomic mass is 10.0. The molecule has 0 spiro atoms. The Kier molecular flexibility index (Phi) is 5.23. The lowest BCUT2D eigenvalue weighted by Gasteiger charge is -2.13. The van der Waals surface area contributed by atoms with E-state index in [1.807, 2.05) is 24.3 Å². The van der Waals surface area contributed by atoms with Crippen LogP contribution in [0, 0.1) is 0 Å². The molecule has 2 amide bonds. The van der Waals surface area contributed by atoms with Gasteiger partial charge in [-0.1, -0.05) is 42.8 Å². The van der Waals surface area contributed by atoms with Crippen LogP contribution in [0.5, 0.6) is 0 Å². The molecule has 1 aliphatic heterocycles. The van der Waals surface area contributed by atoms with Crippen LogP contribution in [0.25, 0.3) is 5.57 Å². The number of rotatable bonds is 6. The number of imide groups is 1. The van der Waals surface area contributed by atoms with Crippen LogP contribution in [0.1, 0.15) is 23.8 Å². The molecular weight excluding hydrogens is 388 g/mol. The molecule has 0 saturated heterocycles. The van der Waals surface area contributed by atoms with E-state index in [0.29, 0.717) is 21.9 Å². The molecule has 1 aliphatic rings. The van der Waals surface area contributed by atoms with Crippen molar-refractivity contribution in [3.05, 3.63) is 94.5 Å². The molecule has 146 valence electrons. The number of carbonyl (C=O) groups excluding carboxylic acids is 2. The molecule has 1 N–H and O–H groups in total. The first-order valence-corrected chi connectivity index (χ1v) is 9.69. The second-order valence-corrected chi connectivity index (χ2v) is 7.14. The summed E-state index contributed by atoms with van der Waals surface area (Å²) in [5.41, 5.74) is 3.12. The van der Waals surface area contributed by atoms with E-state index in [-0.39, 0.29) is 18.1 Å². The lowest BCUT2D eigenvalue weighted by molar-refractivity contribution is -0.137. The van der Waals surface area contributed by atoms with Crippen LogP contribution in [0.2, 0.25) is 5.02 Å². The topological polar surface area (TPSA) is 62.6 Å². The summed E-state index contributed by atoms with van der Waals surface area (Å²) in [5, 5.41) is 3.71. The zero-order valence-electron chi connectivity index (χ0n) is 15.8. The highest BCUT2D eigenvalue weighted by atomic mass is 35.5. The Bertz CT molecular complexity index is 1070. The molecule has 2 aromatic carbocycles. The second-order valence-electron chi connectivity index (χ2n) is 6.71. The van der Waals surface area contributed by atoms with Gasteiger partial charge < -0.3 is 9.73 Å². The monoisotopic (exact) mass is 406 g/mol. The number of amides is 2. The fraction of sp³-hybridized carbons (Fsp3) is 0.130. The maximum atomic E-state index is 13.2. The van der Waals surface area contributed by atoms with Crippen molar-refractivity contribution in [1.29, 1.82) is 0 Å². The first-order chi connectivity index (χ1) is 14.1. The average Bonchev–Trinajstić information content (AvgIpc) is 3.33. The molecule has 0 atom stereocenters. The fourth-order valence-corrected chi connectivity index (χ4v) is 3.37. The summed E-state index contributed by atoms with van der Waals surface area (Å²) in [6, 6.07) is 18.1. The summed E-state index contributed by atoms with van der Waals surface area (Å²) in [4.78, 5) is 27.5. The first-order valence-electron chi connectivity index (χ1n) is 9.31. The van der Waals surface area contributed by atoms with E-state index >= 15 is 0 Å². The number of halogens is 1. The molecule has 0 aliphatic carbocycles. The summed E-state index contributed by atoms with van der Waals surface area (Å²) in [7, 11) is 0. The van der Waals surface area contributed by atoms with Gasteiger partial charge in [0.25, 0.3) is 11.8 Å². The van der Waals surface area contributed by atoms with Gasteiger partial charge in [-0.2, -0.15) is 0 Å². The van der Waals surface area contributed by atoms with Crippen LogP contribution in [0.3, 0.4) is 0 Å². The number of furan rings is 1. The number of hydrogen-bond donors (Lipinski definition) is 1. The third kappa shape index (κ3) is 3.82. The van der Waals surface area contributed by atoms with Gasteiger partial charge in [-0.3, -0.25) is 14.5 Å². The number of nitrogens with zero attached hydrogens (tertiary/aromatic N) is 1. The van der Waals surface area contributed by atoms with Crippen molar-refractivity contribution in [3.8, 4) is 0 Å². The normalized spacial score (nSPS) is 14.1. The van der Waals surface area contributed by atoms with Crippen LogP contribution >= 0.6 is 11.6 Å². The Hall–Kier alpha value is -3.31. The summed E-state index contributed by atoms with van der Waals surface area (Å²) < 4.78 is 5.33. The van der Waals surface area contributed by atoms with Crippen molar-refractivity contribution in [2.24, 2.45) is 0 Å². The molecule has 3 aromatic rings. The lowest BCUT2D eigenvalue weighted by Crippen LogP contribution is -2.31. The van der Waals surface area contributed by atoms with Gasteiger partial charge in [-0.05, 0) is 53.9 Å². The minimum Gasteiger partial charge on any atom is -0.467 e. The smallest absolute Gasteiger partial charge is 0.278 e. The predicted octanol–water partition coefficient (Wildman–Crippen LogP) is 4.89. The molecule has 6 heteroatoms. The van der Waals surface area contributed by atoms with Gasteiger partial charge >= 0.3 is 0 Å². The molecule has 29 heavy (non-hydrogen) atoms. The van der Waals surface area contributed by atoms with E-state index in [4.69, 9.17) is 16.0 Å².